The molecule has 0 radical (unpaired) electrons. The molecule has 0 heteroatoms. The van der Waals surface area contributed by atoms with Crippen molar-refractivity contribution >= 4 is 0 Å². The summed E-state index contributed by atoms with van der Waals surface area (Å²) in [6.07, 6.45) is 3.32. The summed E-state index contributed by atoms with van der Waals surface area (Å²) < 4.78 is 0. The van der Waals surface area contributed by atoms with E-state index < -0.39 is 0 Å². The predicted octanol–water partition coefficient (Wildman–Crippen LogP) is 2.65. The zero-order valence-electron chi connectivity index (χ0n) is 5.67. The third kappa shape index (κ3) is 1.80. The summed E-state index contributed by atoms with van der Waals surface area (Å²) in [5.74, 6) is 0. The van der Waals surface area contributed by atoms with Gasteiger partial charge < -0.3 is 0 Å². The Labute approximate surface area is 56.5 Å². The molecule has 0 bridgehead atoms. The first-order valence-electron chi connectivity index (χ1n) is 3.31. The summed E-state index contributed by atoms with van der Waals surface area (Å²) in [5.41, 5.74) is 1.32. The average molecular weight is 119 g/mol. The third-order valence-electron chi connectivity index (χ3n) is 1.24. The van der Waals surface area contributed by atoms with Crippen LogP contribution >= 0.6 is 0 Å². The second kappa shape index (κ2) is 3.18. The molecule has 0 N–H and O–H groups in total. The van der Waals surface area contributed by atoms with Crippen LogP contribution in [0.2, 0.25) is 0 Å². The summed E-state index contributed by atoms with van der Waals surface area (Å²) in [7, 11) is 0. The van der Waals surface area contributed by atoms with Gasteiger partial charge in [0.1, 0.15) is 0 Å². The highest BCUT2D eigenvalue weighted by Crippen LogP contribution is 2.02. The highest BCUT2D eigenvalue weighted by Gasteiger charge is 1.74. The second-order valence-corrected chi connectivity index (χ2v) is 2.02. The van der Waals surface area contributed by atoms with Gasteiger partial charge in [-0.05, 0) is 0 Å². The molecule has 0 aliphatic heterocycles. The molecule has 0 fully saturated rings. The van der Waals surface area contributed by atoms with Crippen LogP contribution in [0, 0.1) is 6.42 Å². The number of hydrogen-bond donors (Lipinski definition) is 0. The zero-order chi connectivity index (χ0) is 6.53. The van der Waals surface area contributed by atoms with E-state index in [9.17, 15) is 0 Å². The Bertz CT molecular complexity index is 153. The first kappa shape index (κ1) is 6.21. The van der Waals surface area contributed by atoms with Crippen LogP contribution in [-0.4, -0.2) is 0 Å². The zero-order valence-corrected chi connectivity index (χ0v) is 5.67. The van der Waals surface area contributed by atoms with Crippen LogP contribution in [0.4, 0.5) is 0 Å². The average Bonchev–Trinajstić information content (AvgIpc) is 1.91. The Morgan fingerprint density at radius 1 is 1.22 bits per heavy atom. The van der Waals surface area contributed by atoms with Gasteiger partial charge >= 0.3 is 0 Å². The molecular formula is C9H11-. The van der Waals surface area contributed by atoms with Gasteiger partial charge in [0.15, 0.2) is 0 Å². The van der Waals surface area contributed by atoms with Crippen molar-refractivity contribution in [1.29, 1.82) is 0 Å². The Morgan fingerprint density at radius 3 is 2.44 bits per heavy atom. The fourth-order valence-corrected chi connectivity index (χ4v) is 0.825. The van der Waals surface area contributed by atoms with E-state index in [0.717, 1.165) is 6.42 Å². The molecule has 0 saturated carbocycles. The Morgan fingerprint density at radius 2 is 1.89 bits per heavy atom. The van der Waals surface area contributed by atoms with Crippen LogP contribution < -0.4 is 0 Å². The molecule has 1 aromatic carbocycles. The lowest BCUT2D eigenvalue weighted by Crippen LogP contribution is -1.75. The quantitative estimate of drug-likeness (QED) is 0.525. The molecule has 0 spiro atoms. The number of rotatable bonds is 2. The predicted molar refractivity (Wildman–Crippen MR) is 40.1 cm³/mol. The van der Waals surface area contributed by atoms with E-state index in [1.165, 1.54) is 5.56 Å². The van der Waals surface area contributed by atoms with Crippen molar-refractivity contribution in [2.75, 3.05) is 0 Å². The van der Waals surface area contributed by atoms with Crippen molar-refractivity contribution in [2.45, 2.75) is 13.3 Å². The van der Waals surface area contributed by atoms with Gasteiger partial charge in [0.05, 0.1) is 0 Å². The fourth-order valence-electron chi connectivity index (χ4n) is 0.825. The van der Waals surface area contributed by atoms with Gasteiger partial charge in [0.25, 0.3) is 0 Å². The van der Waals surface area contributed by atoms with Gasteiger partial charge in [-0.3, -0.25) is 0 Å². The van der Waals surface area contributed by atoms with Crippen molar-refractivity contribution in [3.05, 3.63) is 42.3 Å². The minimum Gasteiger partial charge on any atom is -0.192 e. The van der Waals surface area contributed by atoms with E-state index in [1.807, 2.05) is 6.07 Å². The van der Waals surface area contributed by atoms with Crippen molar-refractivity contribution < 1.29 is 0 Å². The highest BCUT2D eigenvalue weighted by atomic mass is 13.9. The first-order valence-corrected chi connectivity index (χ1v) is 3.31. The van der Waals surface area contributed by atoms with Crippen LogP contribution in [0.3, 0.4) is 0 Å². The summed E-state index contributed by atoms with van der Waals surface area (Å²) in [4.78, 5) is 0. The molecule has 0 unspecified atom stereocenters. The molecule has 0 atom stereocenters. The molecule has 0 aliphatic rings. The Kier molecular flexibility index (Phi) is 2.20. The minimum atomic E-state index is 1.12. The minimum absolute atomic E-state index is 1.12. The van der Waals surface area contributed by atoms with E-state index in [-0.39, 0.29) is 0 Å². The lowest BCUT2D eigenvalue weighted by Gasteiger charge is -2.04. The molecule has 1 aromatic rings. The molecule has 0 aromatic heterocycles. The number of benzene rings is 1. The largest absolute Gasteiger partial charge is 0.192 e. The van der Waals surface area contributed by atoms with Crippen molar-refractivity contribution in [1.82, 2.24) is 0 Å². The van der Waals surface area contributed by atoms with Gasteiger partial charge in [-0.1, -0.05) is 19.4 Å². The first-order chi connectivity index (χ1) is 4.43. The molecule has 0 saturated heterocycles. The van der Waals surface area contributed by atoms with Gasteiger partial charge in [-0.25, -0.2) is 0 Å². The molecule has 9 heavy (non-hydrogen) atoms. The van der Waals surface area contributed by atoms with Crippen molar-refractivity contribution in [3.63, 3.8) is 0 Å². The van der Waals surface area contributed by atoms with Crippen LogP contribution in [0.1, 0.15) is 18.9 Å². The maximum absolute atomic E-state index is 2.21. The molecule has 0 aliphatic carbocycles. The van der Waals surface area contributed by atoms with E-state index in [0.29, 0.717) is 0 Å². The normalized spacial score (nSPS) is 9.00. The lowest BCUT2D eigenvalue weighted by molar-refractivity contribution is 1.12. The van der Waals surface area contributed by atoms with Crippen LogP contribution in [0.25, 0.3) is 0 Å². The maximum Gasteiger partial charge on any atom is -0.0725 e. The fraction of sp³-hybridized carbons (Fsp3) is 0.222. The SMILES string of the molecule is CC[CH-]c1ccccc1. The highest BCUT2D eigenvalue weighted by molar-refractivity contribution is 5.21. The summed E-state index contributed by atoms with van der Waals surface area (Å²) >= 11 is 0. The standard InChI is InChI=1S/C9H11/c1-2-6-9-7-4-3-5-8-9/h3-8H,2H2,1H3/q-1. The smallest absolute Gasteiger partial charge is 0.0725 e. The molecule has 0 heterocycles. The second-order valence-electron chi connectivity index (χ2n) is 2.02. The third-order valence-corrected chi connectivity index (χ3v) is 1.24. The van der Waals surface area contributed by atoms with Crippen LogP contribution in [0.5, 0.6) is 0 Å². The Balaban J connectivity index is 2.61. The summed E-state index contributed by atoms with van der Waals surface area (Å²) in [6, 6.07) is 10.4. The molecule has 0 amide bonds. The van der Waals surface area contributed by atoms with E-state index in [4.69, 9.17) is 0 Å². The summed E-state index contributed by atoms with van der Waals surface area (Å²) in [6.45, 7) is 2.15. The maximum atomic E-state index is 2.21. The monoisotopic (exact) mass is 119 g/mol. The topological polar surface area (TPSA) is 0 Å². The summed E-state index contributed by atoms with van der Waals surface area (Å²) in [5, 5.41) is 0. The molecule has 1 rings (SSSR count). The van der Waals surface area contributed by atoms with Crippen LogP contribution in [-0.2, 0) is 0 Å². The van der Waals surface area contributed by atoms with Gasteiger partial charge in [0, 0.05) is 0 Å². The van der Waals surface area contributed by atoms with E-state index in [1.54, 1.807) is 0 Å². The lowest BCUT2D eigenvalue weighted by atomic mass is 10.1. The molecular weight excluding hydrogens is 108 g/mol. The van der Waals surface area contributed by atoms with Gasteiger partial charge in [-0.15, -0.1) is 12.1 Å². The Hall–Kier alpha value is -0.910. The van der Waals surface area contributed by atoms with E-state index in [2.05, 4.69) is 37.6 Å². The number of hydrogen-bond acceptors (Lipinski definition) is 0. The molecule has 0 nitrogen and oxygen atoms in total. The van der Waals surface area contributed by atoms with Crippen molar-refractivity contribution in [3.8, 4) is 0 Å². The van der Waals surface area contributed by atoms with Gasteiger partial charge in [0.2, 0.25) is 0 Å². The van der Waals surface area contributed by atoms with Crippen LogP contribution in [0.15, 0.2) is 30.3 Å². The van der Waals surface area contributed by atoms with E-state index >= 15 is 0 Å². The molecule has 48 valence electrons. The van der Waals surface area contributed by atoms with Gasteiger partial charge in [-0.2, -0.15) is 24.1 Å². The van der Waals surface area contributed by atoms with Crippen molar-refractivity contribution in [2.24, 2.45) is 0 Å².